The van der Waals surface area contributed by atoms with Crippen LogP contribution in [0.4, 0.5) is 5.69 Å². The summed E-state index contributed by atoms with van der Waals surface area (Å²) in [4.78, 5) is 11.9. The van der Waals surface area contributed by atoms with Gasteiger partial charge in [0.15, 0.2) is 0 Å². The highest BCUT2D eigenvalue weighted by Crippen LogP contribution is 2.23. The predicted molar refractivity (Wildman–Crippen MR) is 80.0 cm³/mol. The summed E-state index contributed by atoms with van der Waals surface area (Å²) in [7, 11) is 0. The summed E-state index contributed by atoms with van der Waals surface area (Å²) in [5.74, 6) is -0.140. The van der Waals surface area contributed by atoms with E-state index in [1.165, 1.54) is 0 Å². The first-order valence-electron chi connectivity index (χ1n) is 5.85. The van der Waals surface area contributed by atoms with Crippen LogP contribution in [0.3, 0.4) is 0 Å². The number of carbonyl (C=O) groups is 1. The van der Waals surface area contributed by atoms with Crippen molar-refractivity contribution in [3.05, 3.63) is 63.6 Å². The molecule has 0 aliphatic rings. The van der Waals surface area contributed by atoms with Crippen molar-refractivity contribution in [1.29, 1.82) is 0 Å². The van der Waals surface area contributed by atoms with E-state index in [0.29, 0.717) is 15.7 Å². The number of amides is 1. The van der Waals surface area contributed by atoms with Gasteiger partial charge in [-0.3, -0.25) is 4.79 Å². The van der Waals surface area contributed by atoms with Gasteiger partial charge in [0.1, 0.15) is 0 Å². The Labute approximate surface area is 122 Å². The van der Waals surface area contributed by atoms with Gasteiger partial charge in [-0.25, -0.2) is 0 Å². The summed E-state index contributed by atoms with van der Waals surface area (Å²) < 4.78 is 0. The van der Waals surface area contributed by atoms with Crippen molar-refractivity contribution in [3.8, 4) is 0 Å². The minimum absolute atomic E-state index is 0.140. The number of anilines is 1. The van der Waals surface area contributed by atoms with E-state index in [2.05, 4.69) is 5.32 Å². The van der Waals surface area contributed by atoms with Gasteiger partial charge in [0, 0.05) is 5.02 Å². The number of halogens is 2. The lowest BCUT2D eigenvalue weighted by atomic mass is 10.1. The van der Waals surface area contributed by atoms with Crippen LogP contribution in [-0.2, 0) is 11.2 Å². The highest BCUT2D eigenvalue weighted by Gasteiger charge is 2.08. The quantitative estimate of drug-likeness (QED) is 0.888. The molecule has 0 unspecified atom stereocenters. The minimum Gasteiger partial charge on any atom is -0.324 e. The van der Waals surface area contributed by atoms with Crippen LogP contribution in [0, 0.1) is 6.92 Å². The number of nitrogens with one attached hydrogen (secondary N) is 1. The number of rotatable bonds is 3. The van der Waals surface area contributed by atoms with Gasteiger partial charge < -0.3 is 5.32 Å². The summed E-state index contributed by atoms with van der Waals surface area (Å²) in [6, 6.07) is 12.8. The van der Waals surface area contributed by atoms with Gasteiger partial charge >= 0.3 is 0 Å². The molecule has 0 aliphatic heterocycles. The maximum Gasteiger partial charge on any atom is 0.228 e. The summed E-state index contributed by atoms with van der Waals surface area (Å²) in [5.41, 5.74) is 2.46. The van der Waals surface area contributed by atoms with Crippen molar-refractivity contribution in [1.82, 2.24) is 0 Å². The molecule has 2 rings (SSSR count). The lowest BCUT2D eigenvalue weighted by Crippen LogP contribution is -2.14. The second-order valence-corrected chi connectivity index (χ2v) is 5.11. The number of aryl methyl sites for hydroxylation is 1. The Hall–Kier alpha value is -1.51. The number of carbonyl (C=O) groups excluding carboxylic acids is 1. The summed E-state index contributed by atoms with van der Waals surface area (Å²) in [5, 5.41) is 3.91. The molecule has 2 aromatic carbocycles. The Morgan fingerprint density at radius 3 is 2.53 bits per heavy atom. The maximum atomic E-state index is 11.9. The SMILES string of the molecule is Cc1ccc(NC(=O)Cc2ccccc2Cl)c(Cl)c1. The zero-order chi connectivity index (χ0) is 13.8. The van der Waals surface area contributed by atoms with E-state index in [9.17, 15) is 4.79 Å². The van der Waals surface area contributed by atoms with Gasteiger partial charge in [0.05, 0.1) is 17.1 Å². The van der Waals surface area contributed by atoms with E-state index < -0.39 is 0 Å². The molecule has 98 valence electrons. The third kappa shape index (κ3) is 3.72. The normalized spacial score (nSPS) is 10.3. The molecule has 4 heteroatoms. The first kappa shape index (κ1) is 13.9. The Morgan fingerprint density at radius 2 is 1.84 bits per heavy atom. The standard InChI is InChI=1S/C15H13Cl2NO/c1-10-6-7-14(13(17)8-10)18-15(19)9-11-4-2-3-5-12(11)16/h2-8H,9H2,1H3,(H,18,19). The monoisotopic (exact) mass is 293 g/mol. The second-order valence-electron chi connectivity index (χ2n) is 4.30. The first-order valence-corrected chi connectivity index (χ1v) is 6.61. The Morgan fingerprint density at radius 1 is 1.11 bits per heavy atom. The van der Waals surface area contributed by atoms with Crippen LogP contribution < -0.4 is 5.32 Å². The largest absolute Gasteiger partial charge is 0.324 e. The van der Waals surface area contributed by atoms with Crippen molar-refractivity contribution in [2.75, 3.05) is 5.32 Å². The molecule has 0 fully saturated rings. The molecular formula is C15H13Cl2NO. The summed E-state index contributed by atoms with van der Waals surface area (Å²) in [6.07, 6.45) is 0.226. The highest BCUT2D eigenvalue weighted by atomic mass is 35.5. The van der Waals surface area contributed by atoms with Gasteiger partial charge in [0.2, 0.25) is 5.91 Å². The highest BCUT2D eigenvalue weighted by molar-refractivity contribution is 6.34. The summed E-state index contributed by atoms with van der Waals surface area (Å²) >= 11 is 12.1. The van der Waals surface area contributed by atoms with Crippen LogP contribution >= 0.6 is 23.2 Å². The van der Waals surface area contributed by atoms with Crippen molar-refractivity contribution in [2.45, 2.75) is 13.3 Å². The molecule has 0 atom stereocenters. The minimum atomic E-state index is -0.140. The van der Waals surface area contributed by atoms with Gasteiger partial charge in [-0.1, -0.05) is 47.5 Å². The number of hydrogen-bond donors (Lipinski definition) is 1. The zero-order valence-electron chi connectivity index (χ0n) is 10.4. The van der Waals surface area contributed by atoms with Crippen molar-refractivity contribution < 1.29 is 4.79 Å². The van der Waals surface area contributed by atoms with Gasteiger partial charge in [-0.05, 0) is 36.2 Å². The molecule has 0 saturated heterocycles. The molecule has 0 radical (unpaired) electrons. The Kier molecular flexibility index (Phi) is 4.46. The maximum absolute atomic E-state index is 11.9. The third-order valence-electron chi connectivity index (χ3n) is 2.71. The lowest BCUT2D eigenvalue weighted by molar-refractivity contribution is -0.115. The fourth-order valence-electron chi connectivity index (χ4n) is 1.73. The molecule has 0 saturated carbocycles. The smallest absolute Gasteiger partial charge is 0.228 e. The van der Waals surface area contributed by atoms with Crippen molar-refractivity contribution in [2.24, 2.45) is 0 Å². The molecular weight excluding hydrogens is 281 g/mol. The molecule has 0 bridgehead atoms. The first-order chi connectivity index (χ1) is 9.06. The average molecular weight is 294 g/mol. The molecule has 1 amide bonds. The van der Waals surface area contributed by atoms with Crippen LogP contribution in [0.5, 0.6) is 0 Å². The Bertz CT molecular complexity index is 611. The van der Waals surface area contributed by atoms with E-state index in [1.807, 2.05) is 37.3 Å². The molecule has 2 nitrogen and oxygen atoms in total. The van der Waals surface area contributed by atoms with Crippen molar-refractivity contribution >= 4 is 34.8 Å². The van der Waals surface area contributed by atoms with Gasteiger partial charge in [-0.2, -0.15) is 0 Å². The van der Waals surface area contributed by atoms with Crippen LogP contribution in [0.1, 0.15) is 11.1 Å². The Balaban J connectivity index is 2.08. The lowest BCUT2D eigenvalue weighted by Gasteiger charge is -2.08. The van der Waals surface area contributed by atoms with Crippen LogP contribution in [0.2, 0.25) is 10.0 Å². The summed E-state index contributed by atoms with van der Waals surface area (Å²) in [6.45, 7) is 1.95. The van der Waals surface area contributed by atoms with Crippen LogP contribution in [0.15, 0.2) is 42.5 Å². The molecule has 2 aromatic rings. The fraction of sp³-hybridized carbons (Fsp3) is 0.133. The van der Waals surface area contributed by atoms with Crippen LogP contribution in [-0.4, -0.2) is 5.91 Å². The van der Waals surface area contributed by atoms with Gasteiger partial charge in [-0.15, -0.1) is 0 Å². The molecule has 19 heavy (non-hydrogen) atoms. The van der Waals surface area contributed by atoms with E-state index in [-0.39, 0.29) is 12.3 Å². The van der Waals surface area contributed by atoms with E-state index >= 15 is 0 Å². The molecule has 0 aliphatic carbocycles. The van der Waals surface area contributed by atoms with Crippen LogP contribution in [0.25, 0.3) is 0 Å². The van der Waals surface area contributed by atoms with E-state index in [0.717, 1.165) is 11.1 Å². The average Bonchev–Trinajstić information content (AvgIpc) is 2.36. The second kappa shape index (κ2) is 6.09. The zero-order valence-corrected chi connectivity index (χ0v) is 11.9. The van der Waals surface area contributed by atoms with E-state index in [4.69, 9.17) is 23.2 Å². The van der Waals surface area contributed by atoms with E-state index in [1.54, 1.807) is 12.1 Å². The van der Waals surface area contributed by atoms with Crippen molar-refractivity contribution in [3.63, 3.8) is 0 Å². The molecule has 0 heterocycles. The predicted octanol–water partition coefficient (Wildman–Crippen LogP) is 4.48. The molecule has 0 spiro atoms. The molecule has 0 aromatic heterocycles. The molecule has 1 N–H and O–H groups in total. The van der Waals surface area contributed by atoms with Gasteiger partial charge in [0.25, 0.3) is 0 Å². The number of hydrogen-bond acceptors (Lipinski definition) is 1. The third-order valence-corrected chi connectivity index (χ3v) is 3.39. The fourth-order valence-corrected chi connectivity index (χ4v) is 2.22. The topological polar surface area (TPSA) is 29.1 Å². The number of benzene rings is 2.